The summed E-state index contributed by atoms with van der Waals surface area (Å²) in [6.45, 7) is 1.72. The molecule has 0 saturated carbocycles. The van der Waals surface area contributed by atoms with Crippen molar-refractivity contribution in [2.45, 2.75) is 6.54 Å². The van der Waals surface area contributed by atoms with Crippen LogP contribution in [-0.4, -0.2) is 37.9 Å². The third-order valence-electron chi connectivity index (χ3n) is 3.67. The fourth-order valence-corrected chi connectivity index (χ4v) is 3.73. The monoisotopic (exact) mass is 423 g/mol. The Kier molecular flexibility index (Phi) is 6.12. The Bertz CT molecular complexity index is 774. The van der Waals surface area contributed by atoms with Crippen LogP contribution in [0.25, 0.3) is 6.08 Å². The second-order valence-corrected chi connectivity index (χ2v) is 7.91. The van der Waals surface area contributed by atoms with E-state index in [1.54, 1.807) is 29.4 Å². The molecule has 1 amide bonds. The van der Waals surface area contributed by atoms with E-state index in [0.717, 1.165) is 25.7 Å². The average molecular weight is 424 g/mol. The second kappa shape index (κ2) is 8.51. The van der Waals surface area contributed by atoms with Gasteiger partial charge in [0, 0.05) is 31.2 Å². The normalized spacial score (nSPS) is 12.7. The molecule has 1 aliphatic heterocycles. The number of benzene rings is 1. The highest BCUT2D eigenvalue weighted by molar-refractivity contribution is 9.11. The summed E-state index contributed by atoms with van der Waals surface area (Å²) in [6.07, 6.45) is 3.43. The number of fused-ring (bicyclic) bond motifs is 1. The Morgan fingerprint density at radius 3 is 2.92 bits per heavy atom. The first kappa shape index (κ1) is 18.0. The Morgan fingerprint density at radius 1 is 1.32 bits per heavy atom. The summed E-state index contributed by atoms with van der Waals surface area (Å²) in [5, 5.41) is 0. The third-order valence-corrected chi connectivity index (χ3v) is 5.26. The molecule has 0 saturated heterocycles. The van der Waals surface area contributed by atoms with Gasteiger partial charge in [-0.25, -0.2) is 0 Å². The van der Waals surface area contributed by atoms with E-state index in [-0.39, 0.29) is 12.7 Å². The SMILES string of the molecule is COCCN(Cc1ccc2c(c1)OCO2)C(=O)C=Cc1ccc(Br)s1. The van der Waals surface area contributed by atoms with Crippen molar-refractivity contribution in [3.05, 3.63) is 50.6 Å². The summed E-state index contributed by atoms with van der Waals surface area (Å²) in [4.78, 5) is 15.4. The van der Waals surface area contributed by atoms with Gasteiger partial charge < -0.3 is 19.1 Å². The maximum atomic E-state index is 12.6. The van der Waals surface area contributed by atoms with E-state index in [4.69, 9.17) is 14.2 Å². The van der Waals surface area contributed by atoms with Gasteiger partial charge in [-0.3, -0.25) is 4.79 Å². The molecule has 0 unspecified atom stereocenters. The lowest BCUT2D eigenvalue weighted by Gasteiger charge is -2.21. The van der Waals surface area contributed by atoms with Gasteiger partial charge in [0.15, 0.2) is 11.5 Å². The van der Waals surface area contributed by atoms with Crippen molar-refractivity contribution < 1.29 is 19.0 Å². The summed E-state index contributed by atoms with van der Waals surface area (Å²) in [6, 6.07) is 9.66. The number of hydrogen-bond acceptors (Lipinski definition) is 5. The zero-order valence-electron chi connectivity index (χ0n) is 13.7. The molecule has 1 aromatic heterocycles. The number of rotatable bonds is 7. The molecule has 0 radical (unpaired) electrons. The Balaban J connectivity index is 1.70. The standard InChI is InChI=1S/C18H18BrNO4S/c1-22-9-8-20(18(21)7-4-14-3-6-17(19)25-14)11-13-2-5-15-16(10-13)24-12-23-15/h2-7,10H,8-9,11-12H2,1H3. The summed E-state index contributed by atoms with van der Waals surface area (Å²) >= 11 is 5.00. The Hall–Kier alpha value is -1.83. The van der Waals surface area contributed by atoms with Gasteiger partial charge in [-0.05, 0) is 51.8 Å². The number of carbonyl (C=O) groups is 1. The predicted molar refractivity (Wildman–Crippen MR) is 101 cm³/mol. The zero-order chi connectivity index (χ0) is 17.6. The summed E-state index contributed by atoms with van der Waals surface area (Å²) in [5.41, 5.74) is 0.987. The van der Waals surface area contributed by atoms with Crippen molar-refractivity contribution in [3.8, 4) is 11.5 Å². The number of thiophene rings is 1. The first-order chi connectivity index (χ1) is 12.2. The van der Waals surface area contributed by atoms with Gasteiger partial charge in [0.05, 0.1) is 10.4 Å². The van der Waals surface area contributed by atoms with Crippen LogP contribution in [0.15, 0.2) is 40.2 Å². The largest absolute Gasteiger partial charge is 0.454 e. The van der Waals surface area contributed by atoms with Crippen LogP contribution in [0.3, 0.4) is 0 Å². The van der Waals surface area contributed by atoms with E-state index >= 15 is 0 Å². The van der Waals surface area contributed by atoms with Gasteiger partial charge in [-0.15, -0.1) is 11.3 Å². The molecule has 5 nitrogen and oxygen atoms in total. The molecule has 0 spiro atoms. The number of halogens is 1. The summed E-state index contributed by atoms with van der Waals surface area (Å²) < 4.78 is 16.9. The zero-order valence-corrected chi connectivity index (χ0v) is 16.1. The van der Waals surface area contributed by atoms with Crippen LogP contribution < -0.4 is 9.47 Å². The fraction of sp³-hybridized carbons (Fsp3) is 0.278. The maximum Gasteiger partial charge on any atom is 0.246 e. The average Bonchev–Trinajstić information content (AvgIpc) is 3.24. The first-order valence-electron chi connectivity index (χ1n) is 7.75. The minimum Gasteiger partial charge on any atom is -0.454 e. The van der Waals surface area contributed by atoms with Crippen LogP contribution in [0, 0.1) is 0 Å². The Labute approximate surface area is 158 Å². The number of carbonyl (C=O) groups excluding carboxylic acids is 1. The first-order valence-corrected chi connectivity index (χ1v) is 9.36. The molecule has 7 heteroatoms. The highest BCUT2D eigenvalue weighted by Gasteiger charge is 2.16. The number of methoxy groups -OCH3 is 1. The molecule has 1 aromatic carbocycles. The van der Waals surface area contributed by atoms with E-state index < -0.39 is 0 Å². The van der Waals surface area contributed by atoms with Crippen LogP contribution in [0.5, 0.6) is 11.5 Å². The maximum absolute atomic E-state index is 12.6. The van der Waals surface area contributed by atoms with E-state index in [1.807, 2.05) is 36.4 Å². The van der Waals surface area contributed by atoms with Gasteiger partial charge in [0.2, 0.25) is 12.7 Å². The van der Waals surface area contributed by atoms with Crippen molar-refractivity contribution in [1.82, 2.24) is 4.90 Å². The molecule has 132 valence electrons. The lowest BCUT2D eigenvalue weighted by Crippen LogP contribution is -2.32. The minimum atomic E-state index is -0.0563. The molecule has 3 rings (SSSR count). The van der Waals surface area contributed by atoms with Crippen LogP contribution in [-0.2, 0) is 16.1 Å². The van der Waals surface area contributed by atoms with Crippen LogP contribution >= 0.6 is 27.3 Å². The van der Waals surface area contributed by atoms with Crippen LogP contribution in [0.2, 0.25) is 0 Å². The highest BCUT2D eigenvalue weighted by atomic mass is 79.9. The van der Waals surface area contributed by atoms with E-state index in [2.05, 4.69) is 15.9 Å². The molecule has 0 N–H and O–H groups in total. The van der Waals surface area contributed by atoms with Crippen molar-refractivity contribution in [2.75, 3.05) is 27.1 Å². The van der Waals surface area contributed by atoms with Gasteiger partial charge in [-0.1, -0.05) is 6.07 Å². The molecule has 0 bridgehead atoms. The number of ether oxygens (including phenoxy) is 3. The third kappa shape index (κ3) is 4.84. The molecule has 2 heterocycles. The molecule has 0 fully saturated rings. The number of hydrogen-bond donors (Lipinski definition) is 0. The van der Waals surface area contributed by atoms with Crippen LogP contribution in [0.1, 0.15) is 10.4 Å². The molecule has 0 aliphatic carbocycles. The van der Waals surface area contributed by atoms with E-state index in [1.165, 1.54) is 0 Å². The van der Waals surface area contributed by atoms with E-state index in [9.17, 15) is 4.79 Å². The minimum absolute atomic E-state index is 0.0563. The molecule has 2 aromatic rings. The lowest BCUT2D eigenvalue weighted by atomic mass is 10.2. The van der Waals surface area contributed by atoms with Crippen LogP contribution in [0.4, 0.5) is 0 Å². The van der Waals surface area contributed by atoms with Gasteiger partial charge in [-0.2, -0.15) is 0 Å². The van der Waals surface area contributed by atoms with Crippen molar-refractivity contribution in [3.63, 3.8) is 0 Å². The topological polar surface area (TPSA) is 48.0 Å². The Morgan fingerprint density at radius 2 is 2.16 bits per heavy atom. The molecular formula is C18H18BrNO4S. The highest BCUT2D eigenvalue weighted by Crippen LogP contribution is 2.32. The van der Waals surface area contributed by atoms with Crippen molar-refractivity contribution in [1.29, 1.82) is 0 Å². The smallest absolute Gasteiger partial charge is 0.246 e. The molecule has 0 atom stereocenters. The molecule has 1 aliphatic rings. The van der Waals surface area contributed by atoms with E-state index in [0.29, 0.717) is 19.7 Å². The summed E-state index contributed by atoms with van der Waals surface area (Å²) in [7, 11) is 1.63. The molecular weight excluding hydrogens is 406 g/mol. The fourth-order valence-electron chi connectivity index (χ4n) is 2.41. The quantitative estimate of drug-likeness (QED) is 0.633. The van der Waals surface area contributed by atoms with Gasteiger partial charge in [0.25, 0.3) is 0 Å². The molecule has 25 heavy (non-hydrogen) atoms. The van der Waals surface area contributed by atoms with Gasteiger partial charge in [0.1, 0.15) is 0 Å². The van der Waals surface area contributed by atoms with Gasteiger partial charge >= 0.3 is 0 Å². The predicted octanol–water partition coefficient (Wildman–Crippen LogP) is 3.93. The number of nitrogens with zero attached hydrogens (tertiary/aromatic N) is 1. The lowest BCUT2D eigenvalue weighted by molar-refractivity contribution is -0.127. The van der Waals surface area contributed by atoms with Crippen molar-refractivity contribution >= 4 is 39.2 Å². The number of amides is 1. The summed E-state index contributed by atoms with van der Waals surface area (Å²) in [5.74, 6) is 1.40. The van der Waals surface area contributed by atoms with Crippen molar-refractivity contribution in [2.24, 2.45) is 0 Å². The second-order valence-electron chi connectivity index (χ2n) is 5.42.